The van der Waals surface area contributed by atoms with Gasteiger partial charge in [0.15, 0.2) is 0 Å². The second-order valence-electron chi connectivity index (χ2n) is 3.41. The molecule has 5 heteroatoms. The molecule has 1 rings (SSSR count). The summed E-state index contributed by atoms with van der Waals surface area (Å²) in [6, 6.07) is 0. The van der Waals surface area contributed by atoms with Gasteiger partial charge in [-0.05, 0) is 20.3 Å². The summed E-state index contributed by atoms with van der Waals surface area (Å²) in [7, 11) is -1.26. The summed E-state index contributed by atoms with van der Waals surface area (Å²) >= 11 is 0. The van der Waals surface area contributed by atoms with E-state index in [1.807, 2.05) is 0 Å². The Morgan fingerprint density at radius 2 is 2.00 bits per heavy atom. The standard InChI is InChI=1S/C7H14N2O2S/c1-7(2,6(8)10)12(11)9-4-3-5-9/h3-5H2,1-2H3,(H2,8,10). The lowest BCUT2D eigenvalue weighted by atomic mass is 10.2. The van der Waals surface area contributed by atoms with Crippen molar-refractivity contribution in [2.24, 2.45) is 5.73 Å². The Labute approximate surface area is 74.7 Å². The van der Waals surface area contributed by atoms with E-state index < -0.39 is 21.6 Å². The molecule has 70 valence electrons. The Morgan fingerprint density at radius 1 is 1.50 bits per heavy atom. The molecule has 1 heterocycles. The molecule has 1 unspecified atom stereocenters. The first kappa shape index (κ1) is 9.67. The molecule has 0 spiro atoms. The van der Waals surface area contributed by atoms with Gasteiger partial charge in [-0.1, -0.05) is 0 Å². The third kappa shape index (κ3) is 1.51. The van der Waals surface area contributed by atoms with E-state index in [0.717, 1.165) is 19.5 Å². The van der Waals surface area contributed by atoms with Crippen LogP contribution in [0.15, 0.2) is 0 Å². The van der Waals surface area contributed by atoms with Crippen LogP contribution in [0.2, 0.25) is 0 Å². The molecule has 0 aromatic heterocycles. The number of nitrogens with zero attached hydrogens (tertiary/aromatic N) is 1. The van der Waals surface area contributed by atoms with Gasteiger partial charge in [0.25, 0.3) is 0 Å². The van der Waals surface area contributed by atoms with Gasteiger partial charge >= 0.3 is 0 Å². The maximum Gasteiger partial charge on any atom is 0.237 e. The van der Waals surface area contributed by atoms with Crippen molar-refractivity contribution in [3.63, 3.8) is 0 Å². The lowest BCUT2D eigenvalue weighted by Crippen LogP contribution is -2.52. The van der Waals surface area contributed by atoms with E-state index in [2.05, 4.69) is 0 Å². The summed E-state index contributed by atoms with van der Waals surface area (Å²) in [5, 5.41) is 0. The number of hydrogen-bond acceptors (Lipinski definition) is 2. The highest BCUT2D eigenvalue weighted by molar-refractivity contribution is 7.85. The Morgan fingerprint density at radius 3 is 2.25 bits per heavy atom. The van der Waals surface area contributed by atoms with Gasteiger partial charge in [-0.2, -0.15) is 0 Å². The second kappa shape index (κ2) is 3.14. The van der Waals surface area contributed by atoms with Crippen LogP contribution in [0.4, 0.5) is 0 Å². The van der Waals surface area contributed by atoms with Crippen LogP contribution in [-0.2, 0) is 15.8 Å². The Kier molecular flexibility index (Phi) is 2.53. The van der Waals surface area contributed by atoms with Crippen molar-refractivity contribution in [3.8, 4) is 0 Å². The Balaban J connectivity index is 2.66. The molecule has 1 aliphatic rings. The molecule has 0 aliphatic carbocycles. The van der Waals surface area contributed by atoms with E-state index >= 15 is 0 Å². The molecule has 0 aromatic carbocycles. The van der Waals surface area contributed by atoms with Gasteiger partial charge in [-0.25, -0.2) is 8.51 Å². The number of hydrogen-bond donors (Lipinski definition) is 1. The van der Waals surface area contributed by atoms with Crippen LogP contribution in [-0.4, -0.2) is 32.3 Å². The van der Waals surface area contributed by atoms with Crippen LogP contribution in [0.3, 0.4) is 0 Å². The molecule has 1 aliphatic heterocycles. The van der Waals surface area contributed by atoms with Crippen LogP contribution >= 0.6 is 0 Å². The minimum Gasteiger partial charge on any atom is -0.368 e. The second-order valence-corrected chi connectivity index (χ2v) is 5.44. The van der Waals surface area contributed by atoms with Crippen LogP contribution in [0.25, 0.3) is 0 Å². The smallest absolute Gasteiger partial charge is 0.237 e. The molecule has 0 bridgehead atoms. The van der Waals surface area contributed by atoms with Crippen LogP contribution < -0.4 is 5.73 Å². The Bertz CT molecular complexity index is 223. The molecule has 1 amide bonds. The highest BCUT2D eigenvalue weighted by atomic mass is 32.2. The number of carbonyl (C=O) groups excluding carboxylic acids is 1. The quantitative estimate of drug-likeness (QED) is 0.659. The highest BCUT2D eigenvalue weighted by Gasteiger charge is 2.38. The molecule has 0 saturated carbocycles. The fourth-order valence-corrected chi connectivity index (χ4v) is 2.27. The van der Waals surface area contributed by atoms with E-state index in [4.69, 9.17) is 5.73 Å². The predicted molar refractivity (Wildman–Crippen MR) is 47.6 cm³/mol. The lowest BCUT2D eigenvalue weighted by Gasteiger charge is -2.34. The number of amides is 1. The van der Waals surface area contributed by atoms with Crippen molar-refractivity contribution in [1.29, 1.82) is 0 Å². The summed E-state index contributed by atoms with van der Waals surface area (Å²) in [6.07, 6.45) is 1.06. The summed E-state index contributed by atoms with van der Waals surface area (Å²) in [5.41, 5.74) is 5.13. The number of carbonyl (C=O) groups is 1. The minimum atomic E-state index is -1.26. The third-order valence-electron chi connectivity index (χ3n) is 2.08. The number of primary amides is 1. The number of rotatable bonds is 3. The molecular formula is C7H14N2O2S. The normalized spacial score (nSPS) is 21.5. The largest absolute Gasteiger partial charge is 0.368 e. The predicted octanol–water partition coefficient (Wildman–Crippen LogP) is -0.380. The van der Waals surface area contributed by atoms with Crippen molar-refractivity contribution in [3.05, 3.63) is 0 Å². The van der Waals surface area contributed by atoms with E-state index in [1.165, 1.54) is 0 Å². The maximum atomic E-state index is 11.6. The molecule has 12 heavy (non-hydrogen) atoms. The topological polar surface area (TPSA) is 63.4 Å². The first-order valence-electron chi connectivity index (χ1n) is 3.93. The molecule has 0 aromatic rings. The molecule has 1 fully saturated rings. The zero-order valence-corrected chi connectivity index (χ0v) is 8.19. The molecule has 1 saturated heterocycles. The first-order chi connectivity index (χ1) is 5.46. The minimum absolute atomic E-state index is 0.507. The molecule has 1 atom stereocenters. The monoisotopic (exact) mass is 190 g/mol. The maximum absolute atomic E-state index is 11.6. The fourth-order valence-electron chi connectivity index (χ4n) is 0.862. The van der Waals surface area contributed by atoms with Crippen molar-refractivity contribution in [1.82, 2.24) is 4.31 Å². The Hall–Kier alpha value is -0.420. The van der Waals surface area contributed by atoms with Gasteiger partial charge in [-0.15, -0.1) is 0 Å². The van der Waals surface area contributed by atoms with Gasteiger partial charge in [0, 0.05) is 13.1 Å². The summed E-state index contributed by atoms with van der Waals surface area (Å²) in [4.78, 5) is 10.9. The van der Waals surface area contributed by atoms with Gasteiger partial charge in [0.1, 0.15) is 15.7 Å². The average molecular weight is 190 g/mol. The van der Waals surface area contributed by atoms with E-state index in [-0.39, 0.29) is 0 Å². The lowest BCUT2D eigenvalue weighted by molar-refractivity contribution is -0.119. The van der Waals surface area contributed by atoms with Crippen LogP contribution in [0.5, 0.6) is 0 Å². The first-order valence-corrected chi connectivity index (χ1v) is 5.04. The number of nitrogens with two attached hydrogens (primary N) is 1. The van der Waals surface area contributed by atoms with Crippen LogP contribution in [0.1, 0.15) is 20.3 Å². The zero-order chi connectivity index (χ0) is 9.35. The van der Waals surface area contributed by atoms with E-state index in [1.54, 1.807) is 18.2 Å². The van der Waals surface area contributed by atoms with Crippen molar-refractivity contribution < 1.29 is 9.00 Å². The van der Waals surface area contributed by atoms with E-state index in [0.29, 0.717) is 0 Å². The van der Waals surface area contributed by atoms with E-state index in [9.17, 15) is 9.00 Å². The van der Waals surface area contributed by atoms with Crippen molar-refractivity contribution >= 4 is 16.9 Å². The zero-order valence-electron chi connectivity index (χ0n) is 7.37. The van der Waals surface area contributed by atoms with Crippen molar-refractivity contribution in [2.45, 2.75) is 25.0 Å². The summed E-state index contributed by atoms with van der Waals surface area (Å²) < 4.78 is 12.5. The van der Waals surface area contributed by atoms with Crippen molar-refractivity contribution in [2.75, 3.05) is 13.1 Å². The average Bonchev–Trinajstić information content (AvgIpc) is 1.83. The highest BCUT2D eigenvalue weighted by Crippen LogP contribution is 2.20. The van der Waals surface area contributed by atoms with Gasteiger partial charge in [0.05, 0.1) is 0 Å². The summed E-state index contributed by atoms with van der Waals surface area (Å²) in [5.74, 6) is -0.507. The molecule has 4 nitrogen and oxygen atoms in total. The SMILES string of the molecule is CC(C)(C(N)=O)S(=O)N1CCC1. The third-order valence-corrected chi connectivity index (χ3v) is 3.99. The van der Waals surface area contributed by atoms with Gasteiger partial charge < -0.3 is 5.73 Å². The molecular weight excluding hydrogens is 176 g/mol. The summed E-state index contributed by atoms with van der Waals surface area (Å²) in [6.45, 7) is 4.85. The van der Waals surface area contributed by atoms with Gasteiger partial charge in [-0.3, -0.25) is 4.79 Å². The molecule has 0 radical (unpaired) electrons. The molecule has 2 N–H and O–H groups in total. The van der Waals surface area contributed by atoms with Gasteiger partial charge in [0.2, 0.25) is 5.91 Å². The van der Waals surface area contributed by atoms with Crippen LogP contribution in [0, 0.1) is 0 Å². The fraction of sp³-hybridized carbons (Fsp3) is 0.857.